The van der Waals surface area contributed by atoms with Gasteiger partial charge in [0.1, 0.15) is 11.9 Å². The van der Waals surface area contributed by atoms with Gasteiger partial charge in [-0.15, -0.1) is 0 Å². The van der Waals surface area contributed by atoms with E-state index in [9.17, 15) is 9.59 Å². The van der Waals surface area contributed by atoms with Crippen molar-refractivity contribution in [2.45, 2.75) is 19.4 Å². The molecule has 1 aliphatic heterocycles. The molecule has 0 spiro atoms. The fourth-order valence-corrected chi connectivity index (χ4v) is 1.75. The number of nitrogens with one attached hydrogen (secondary N) is 1. The second kappa shape index (κ2) is 3.62. The summed E-state index contributed by atoms with van der Waals surface area (Å²) < 4.78 is 1.38. The van der Waals surface area contributed by atoms with Crippen molar-refractivity contribution in [2.24, 2.45) is 0 Å². The molecule has 1 saturated heterocycles. The fourth-order valence-electron chi connectivity index (χ4n) is 1.75. The summed E-state index contributed by atoms with van der Waals surface area (Å²) in [5.74, 6) is -0.132. The summed E-state index contributed by atoms with van der Waals surface area (Å²) in [4.78, 5) is 29.1. The van der Waals surface area contributed by atoms with Gasteiger partial charge in [-0.25, -0.2) is 9.78 Å². The second-order valence-electron chi connectivity index (χ2n) is 4.22. The molecule has 0 bridgehead atoms. The molecule has 1 aromatic rings. The highest BCUT2D eigenvalue weighted by Gasteiger charge is 2.40. The molecule has 2 heterocycles. The zero-order valence-electron chi connectivity index (χ0n) is 9.30. The third-order valence-electron chi connectivity index (χ3n) is 2.81. The van der Waals surface area contributed by atoms with Crippen LogP contribution in [0.5, 0.6) is 0 Å². The van der Waals surface area contributed by atoms with Crippen LogP contribution in [0.15, 0.2) is 18.7 Å². The maximum atomic E-state index is 12.1. The van der Waals surface area contributed by atoms with Crippen LogP contribution in [0.2, 0.25) is 0 Å². The number of nitrogens with zero attached hydrogens (tertiary/aromatic N) is 3. The van der Waals surface area contributed by atoms with Crippen LogP contribution >= 0.6 is 0 Å². The molecule has 0 aromatic carbocycles. The van der Waals surface area contributed by atoms with Crippen LogP contribution in [0.4, 0.5) is 4.79 Å². The summed E-state index contributed by atoms with van der Waals surface area (Å²) >= 11 is 0. The topological polar surface area (TPSA) is 67.2 Å². The second-order valence-corrected chi connectivity index (χ2v) is 4.22. The number of piperazine rings is 1. The Labute approximate surface area is 93.3 Å². The highest BCUT2D eigenvalue weighted by Crippen LogP contribution is 2.18. The molecule has 0 aliphatic carbocycles. The monoisotopic (exact) mass is 222 g/mol. The lowest BCUT2D eigenvalue weighted by Crippen LogP contribution is -2.64. The quantitative estimate of drug-likeness (QED) is 0.675. The molecule has 0 saturated carbocycles. The first-order chi connectivity index (χ1) is 7.53. The van der Waals surface area contributed by atoms with Gasteiger partial charge < -0.3 is 10.2 Å². The van der Waals surface area contributed by atoms with Crippen molar-refractivity contribution in [3.63, 3.8) is 0 Å². The van der Waals surface area contributed by atoms with E-state index in [0.717, 1.165) is 0 Å². The lowest BCUT2D eigenvalue weighted by Gasteiger charge is -2.40. The third-order valence-corrected chi connectivity index (χ3v) is 2.81. The van der Waals surface area contributed by atoms with Gasteiger partial charge in [0.05, 0.1) is 0 Å². The van der Waals surface area contributed by atoms with Crippen molar-refractivity contribution in [1.29, 1.82) is 0 Å². The molecule has 6 nitrogen and oxygen atoms in total. The first-order valence-corrected chi connectivity index (χ1v) is 5.11. The molecule has 2 rings (SSSR count). The van der Waals surface area contributed by atoms with Crippen LogP contribution in [0.1, 0.15) is 13.8 Å². The Morgan fingerprint density at radius 3 is 2.94 bits per heavy atom. The number of aromatic nitrogens is 2. The Bertz CT molecular complexity index is 410. The van der Waals surface area contributed by atoms with Crippen molar-refractivity contribution in [3.8, 4) is 0 Å². The molecule has 1 aliphatic rings. The summed E-state index contributed by atoms with van der Waals surface area (Å²) in [6.07, 6.45) is 4.55. The number of carbonyl (C=O) groups excluding carboxylic acids is 2. The molecule has 0 atom stereocenters. The van der Waals surface area contributed by atoms with Crippen LogP contribution in [-0.4, -0.2) is 45.0 Å². The summed E-state index contributed by atoms with van der Waals surface area (Å²) in [6, 6.07) is -0.225. The van der Waals surface area contributed by atoms with Crippen molar-refractivity contribution in [2.75, 3.05) is 13.1 Å². The van der Waals surface area contributed by atoms with Crippen LogP contribution in [-0.2, 0) is 4.79 Å². The Kier molecular flexibility index (Phi) is 2.41. The minimum atomic E-state index is -0.820. The lowest BCUT2D eigenvalue weighted by atomic mass is 9.99. The molecule has 16 heavy (non-hydrogen) atoms. The van der Waals surface area contributed by atoms with E-state index in [1.165, 1.54) is 17.1 Å². The first kappa shape index (κ1) is 10.7. The zero-order chi connectivity index (χ0) is 11.8. The lowest BCUT2D eigenvalue weighted by molar-refractivity contribution is -0.132. The maximum absolute atomic E-state index is 12.1. The molecular weight excluding hydrogens is 208 g/mol. The van der Waals surface area contributed by atoms with Gasteiger partial charge in [0.2, 0.25) is 5.91 Å². The molecule has 2 amide bonds. The van der Waals surface area contributed by atoms with E-state index < -0.39 is 5.54 Å². The van der Waals surface area contributed by atoms with Gasteiger partial charge in [-0.2, -0.15) is 0 Å². The van der Waals surface area contributed by atoms with E-state index in [2.05, 4.69) is 10.3 Å². The van der Waals surface area contributed by atoms with E-state index >= 15 is 0 Å². The summed E-state index contributed by atoms with van der Waals surface area (Å²) in [6.45, 7) is 4.46. The highest BCUT2D eigenvalue weighted by molar-refractivity contribution is 5.91. The molecule has 1 N–H and O–H groups in total. The molecule has 86 valence electrons. The van der Waals surface area contributed by atoms with Gasteiger partial charge in [0, 0.05) is 25.5 Å². The Morgan fingerprint density at radius 2 is 2.31 bits per heavy atom. The Balaban J connectivity index is 2.26. The average Bonchev–Trinajstić information content (AvgIpc) is 2.74. The van der Waals surface area contributed by atoms with E-state index in [0.29, 0.717) is 13.1 Å². The number of rotatable bonds is 0. The van der Waals surface area contributed by atoms with Crippen LogP contribution in [0.3, 0.4) is 0 Å². The zero-order valence-corrected chi connectivity index (χ0v) is 9.30. The minimum absolute atomic E-state index is 0.132. The molecule has 6 heteroatoms. The van der Waals surface area contributed by atoms with Crippen molar-refractivity contribution < 1.29 is 9.59 Å². The largest absolute Gasteiger partial charge is 0.352 e. The Hall–Kier alpha value is -1.85. The average molecular weight is 222 g/mol. The Morgan fingerprint density at radius 1 is 1.56 bits per heavy atom. The van der Waals surface area contributed by atoms with Gasteiger partial charge in [-0.3, -0.25) is 9.36 Å². The van der Waals surface area contributed by atoms with E-state index in [1.807, 2.05) is 0 Å². The highest BCUT2D eigenvalue weighted by atomic mass is 16.2. The summed E-state index contributed by atoms with van der Waals surface area (Å²) in [5, 5.41) is 2.74. The van der Waals surface area contributed by atoms with Gasteiger partial charge >= 0.3 is 6.03 Å². The van der Waals surface area contributed by atoms with Crippen LogP contribution in [0, 0.1) is 0 Å². The minimum Gasteiger partial charge on any atom is -0.352 e. The number of hydrogen-bond acceptors (Lipinski definition) is 3. The van der Waals surface area contributed by atoms with Crippen molar-refractivity contribution >= 4 is 11.9 Å². The molecule has 1 fully saturated rings. The summed E-state index contributed by atoms with van der Waals surface area (Å²) in [7, 11) is 0. The molecule has 1 aromatic heterocycles. The predicted molar refractivity (Wildman–Crippen MR) is 56.8 cm³/mol. The summed E-state index contributed by atoms with van der Waals surface area (Å²) in [5.41, 5.74) is -0.820. The van der Waals surface area contributed by atoms with Crippen LogP contribution in [0.25, 0.3) is 0 Å². The van der Waals surface area contributed by atoms with Crippen molar-refractivity contribution in [1.82, 2.24) is 19.8 Å². The van der Waals surface area contributed by atoms with Crippen LogP contribution < -0.4 is 5.32 Å². The van der Waals surface area contributed by atoms with Gasteiger partial charge in [0.15, 0.2) is 0 Å². The van der Waals surface area contributed by atoms with Gasteiger partial charge in [0.25, 0.3) is 0 Å². The normalized spacial score (nSPS) is 19.4. The smallest absolute Gasteiger partial charge is 0.330 e. The van der Waals surface area contributed by atoms with Crippen molar-refractivity contribution in [3.05, 3.63) is 18.7 Å². The fraction of sp³-hybridized carbons (Fsp3) is 0.500. The molecule has 0 unspecified atom stereocenters. The number of hydrogen-bond donors (Lipinski definition) is 1. The van der Waals surface area contributed by atoms with Gasteiger partial charge in [-0.05, 0) is 13.8 Å². The van der Waals surface area contributed by atoms with E-state index in [1.54, 1.807) is 24.9 Å². The number of imidazole rings is 1. The van der Waals surface area contributed by atoms with E-state index in [4.69, 9.17) is 0 Å². The number of carbonyl (C=O) groups is 2. The SMILES string of the molecule is CC1(C)C(=O)NCCN1C(=O)n1ccnc1. The molecule has 0 radical (unpaired) electrons. The van der Waals surface area contributed by atoms with E-state index in [-0.39, 0.29) is 11.9 Å². The number of amides is 2. The predicted octanol–water partition coefficient (Wildman–Crippen LogP) is 0.0616. The maximum Gasteiger partial charge on any atom is 0.330 e. The standard InChI is InChI=1S/C10H14N4O2/c1-10(2)8(15)12-4-6-14(10)9(16)13-5-3-11-7-13/h3,5,7H,4,6H2,1-2H3,(H,12,15). The third kappa shape index (κ3) is 1.56. The van der Waals surface area contributed by atoms with Gasteiger partial charge in [-0.1, -0.05) is 0 Å². The first-order valence-electron chi connectivity index (χ1n) is 5.11. The molecular formula is C10H14N4O2.